The second-order valence-electron chi connectivity index (χ2n) is 6.43. The Balaban J connectivity index is 1.25. The van der Waals surface area contributed by atoms with E-state index in [0.29, 0.717) is 18.0 Å². The van der Waals surface area contributed by atoms with E-state index in [9.17, 15) is 9.59 Å². The molecule has 0 spiro atoms. The number of imidazole rings is 1. The Morgan fingerprint density at radius 1 is 1.19 bits per heavy atom. The van der Waals surface area contributed by atoms with Crippen molar-refractivity contribution in [1.82, 2.24) is 14.9 Å². The number of fused-ring (bicyclic) bond motifs is 2. The summed E-state index contributed by atoms with van der Waals surface area (Å²) in [6, 6.07) is 15.1. The third kappa shape index (κ3) is 3.76. The van der Waals surface area contributed by atoms with Crippen LogP contribution in [0.25, 0.3) is 11.0 Å². The van der Waals surface area contributed by atoms with Crippen molar-refractivity contribution in [3.63, 3.8) is 0 Å². The summed E-state index contributed by atoms with van der Waals surface area (Å²) >= 11 is 0. The van der Waals surface area contributed by atoms with Crippen LogP contribution in [0.1, 0.15) is 12.8 Å². The molecular weight excluding hydrogens is 344 g/mol. The quantitative estimate of drug-likeness (QED) is 0.658. The Morgan fingerprint density at radius 2 is 2.00 bits per heavy atom. The smallest absolute Gasteiger partial charge is 0.266 e. The van der Waals surface area contributed by atoms with Crippen LogP contribution in [-0.4, -0.2) is 34.0 Å². The lowest BCUT2D eigenvalue weighted by Gasteiger charge is -2.25. The molecule has 1 aromatic heterocycles. The van der Waals surface area contributed by atoms with E-state index in [4.69, 9.17) is 4.74 Å². The van der Waals surface area contributed by atoms with Crippen molar-refractivity contribution in [3.05, 3.63) is 54.9 Å². The van der Waals surface area contributed by atoms with E-state index in [2.05, 4.69) is 20.2 Å². The van der Waals surface area contributed by atoms with Gasteiger partial charge in [0.2, 0.25) is 5.91 Å². The average molecular weight is 364 g/mol. The molecule has 2 amide bonds. The van der Waals surface area contributed by atoms with Gasteiger partial charge in [0.15, 0.2) is 6.10 Å². The predicted octanol–water partition coefficient (Wildman–Crippen LogP) is 2.33. The molecule has 1 unspecified atom stereocenters. The Labute approximate surface area is 156 Å². The van der Waals surface area contributed by atoms with Crippen LogP contribution in [0, 0.1) is 0 Å². The zero-order valence-corrected chi connectivity index (χ0v) is 14.7. The predicted molar refractivity (Wildman–Crippen MR) is 101 cm³/mol. The number of nitrogens with one attached hydrogen (secondary N) is 2. The minimum atomic E-state index is -0.808. The first-order valence-electron chi connectivity index (χ1n) is 8.94. The molecule has 1 aliphatic rings. The van der Waals surface area contributed by atoms with Crippen molar-refractivity contribution in [3.8, 4) is 5.75 Å². The van der Waals surface area contributed by atoms with E-state index >= 15 is 0 Å². The monoisotopic (exact) mass is 364 g/mol. The summed E-state index contributed by atoms with van der Waals surface area (Å²) in [7, 11) is 0. The number of carbonyl (C=O) groups excluding carboxylic acids is 2. The van der Waals surface area contributed by atoms with Gasteiger partial charge in [0.1, 0.15) is 5.75 Å². The lowest BCUT2D eigenvalue weighted by molar-refractivity contribution is -0.130. The number of para-hydroxylation sites is 4. The first kappa shape index (κ1) is 17.1. The molecule has 2 aromatic carbocycles. The van der Waals surface area contributed by atoms with Gasteiger partial charge in [-0.2, -0.15) is 0 Å². The van der Waals surface area contributed by atoms with Crippen LogP contribution in [0.3, 0.4) is 0 Å². The topological polar surface area (TPSA) is 85.2 Å². The minimum absolute atomic E-state index is 0.00578. The van der Waals surface area contributed by atoms with Crippen LogP contribution in [0.15, 0.2) is 54.9 Å². The summed E-state index contributed by atoms with van der Waals surface area (Å²) in [5.74, 6) is 0.0839. The van der Waals surface area contributed by atoms with Gasteiger partial charge in [0, 0.05) is 13.1 Å². The van der Waals surface area contributed by atoms with E-state index in [1.54, 1.807) is 12.1 Å². The van der Waals surface area contributed by atoms with Gasteiger partial charge in [-0.25, -0.2) is 4.98 Å². The first-order valence-corrected chi connectivity index (χ1v) is 8.94. The van der Waals surface area contributed by atoms with Gasteiger partial charge in [-0.15, -0.1) is 0 Å². The summed E-state index contributed by atoms with van der Waals surface area (Å²) in [6.45, 7) is 1.28. The van der Waals surface area contributed by atoms with Gasteiger partial charge >= 0.3 is 0 Å². The number of aromatic nitrogens is 2. The molecule has 2 N–H and O–H groups in total. The van der Waals surface area contributed by atoms with E-state index in [1.165, 1.54) is 0 Å². The number of aryl methyl sites for hydroxylation is 1. The molecule has 0 saturated carbocycles. The van der Waals surface area contributed by atoms with Crippen molar-refractivity contribution in [2.45, 2.75) is 25.5 Å². The zero-order chi connectivity index (χ0) is 18.6. The van der Waals surface area contributed by atoms with Crippen LogP contribution < -0.4 is 15.4 Å². The van der Waals surface area contributed by atoms with Crippen molar-refractivity contribution < 1.29 is 14.3 Å². The molecular formula is C20H20N4O3. The number of ether oxygens (including phenoxy) is 1. The second-order valence-corrected chi connectivity index (χ2v) is 6.43. The molecule has 4 rings (SSSR count). The molecule has 3 aromatic rings. The number of anilines is 1. The number of nitrogens with zero attached hydrogens (tertiary/aromatic N) is 2. The summed E-state index contributed by atoms with van der Waals surface area (Å²) in [4.78, 5) is 28.6. The standard InChI is InChI=1S/C20H20N4O3/c25-19(12-18-20(26)23-15-7-2-4-9-17(15)27-18)21-10-5-11-24-13-22-14-6-1-3-8-16(14)24/h1-4,6-9,13,18H,5,10-12H2,(H,21,25)(H,23,26). The number of amides is 2. The van der Waals surface area contributed by atoms with E-state index < -0.39 is 6.10 Å². The van der Waals surface area contributed by atoms with Gasteiger partial charge < -0.3 is 19.9 Å². The molecule has 27 heavy (non-hydrogen) atoms. The zero-order valence-electron chi connectivity index (χ0n) is 14.7. The van der Waals surface area contributed by atoms with Crippen LogP contribution in [-0.2, 0) is 16.1 Å². The highest BCUT2D eigenvalue weighted by molar-refractivity contribution is 5.99. The van der Waals surface area contributed by atoms with E-state index in [-0.39, 0.29) is 18.2 Å². The number of hydrogen-bond donors (Lipinski definition) is 2. The second kappa shape index (κ2) is 7.49. The van der Waals surface area contributed by atoms with Crippen LogP contribution in [0.4, 0.5) is 5.69 Å². The molecule has 1 aliphatic heterocycles. The summed E-state index contributed by atoms with van der Waals surface area (Å²) in [5, 5.41) is 5.62. The molecule has 7 nitrogen and oxygen atoms in total. The SMILES string of the molecule is O=C(CC1Oc2ccccc2NC1=O)NCCCn1cnc2ccccc21. The van der Waals surface area contributed by atoms with Gasteiger partial charge in [-0.3, -0.25) is 9.59 Å². The lowest BCUT2D eigenvalue weighted by atomic mass is 10.1. The van der Waals surface area contributed by atoms with Crippen LogP contribution >= 0.6 is 0 Å². The molecule has 0 fully saturated rings. The highest BCUT2D eigenvalue weighted by Crippen LogP contribution is 2.29. The number of hydrogen-bond acceptors (Lipinski definition) is 4. The van der Waals surface area contributed by atoms with Gasteiger partial charge in [-0.05, 0) is 30.7 Å². The first-order chi connectivity index (χ1) is 13.2. The van der Waals surface area contributed by atoms with Gasteiger partial charge in [0.25, 0.3) is 5.91 Å². The summed E-state index contributed by atoms with van der Waals surface area (Å²) in [6.07, 6.45) is 1.77. The molecule has 0 aliphatic carbocycles. The maximum absolute atomic E-state index is 12.2. The van der Waals surface area contributed by atoms with E-state index in [1.807, 2.05) is 42.7 Å². The third-order valence-corrected chi connectivity index (χ3v) is 4.50. The normalized spacial score (nSPS) is 15.7. The molecule has 0 bridgehead atoms. The van der Waals surface area contributed by atoms with Crippen LogP contribution in [0.2, 0.25) is 0 Å². The fourth-order valence-corrected chi connectivity index (χ4v) is 3.13. The molecule has 2 heterocycles. The van der Waals surface area contributed by atoms with Crippen molar-refractivity contribution in [2.75, 3.05) is 11.9 Å². The average Bonchev–Trinajstić information content (AvgIpc) is 3.09. The van der Waals surface area contributed by atoms with Gasteiger partial charge in [0.05, 0.1) is 29.5 Å². The molecule has 7 heteroatoms. The molecule has 1 atom stereocenters. The summed E-state index contributed by atoms with van der Waals surface area (Å²) < 4.78 is 7.71. The van der Waals surface area contributed by atoms with Gasteiger partial charge in [-0.1, -0.05) is 24.3 Å². The highest BCUT2D eigenvalue weighted by Gasteiger charge is 2.29. The molecule has 0 saturated heterocycles. The maximum Gasteiger partial charge on any atom is 0.266 e. The Morgan fingerprint density at radius 3 is 2.93 bits per heavy atom. The molecule has 138 valence electrons. The highest BCUT2D eigenvalue weighted by atomic mass is 16.5. The fourth-order valence-electron chi connectivity index (χ4n) is 3.13. The van der Waals surface area contributed by atoms with E-state index in [0.717, 1.165) is 24.0 Å². The van der Waals surface area contributed by atoms with Crippen molar-refractivity contribution in [2.24, 2.45) is 0 Å². The number of benzene rings is 2. The Bertz CT molecular complexity index is 982. The lowest BCUT2D eigenvalue weighted by Crippen LogP contribution is -2.41. The Kier molecular flexibility index (Phi) is 4.74. The molecule has 0 radical (unpaired) electrons. The maximum atomic E-state index is 12.2. The summed E-state index contributed by atoms with van der Waals surface area (Å²) in [5.41, 5.74) is 2.67. The number of carbonyl (C=O) groups is 2. The van der Waals surface area contributed by atoms with Crippen molar-refractivity contribution in [1.29, 1.82) is 0 Å². The largest absolute Gasteiger partial charge is 0.478 e. The minimum Gasteiger partial charge on any atom is -0.478 e. The van der Waals surface area contributed by atoms with Crippen molar-refractivity contribution >= 4 is 28.5 Å². The Hall–Kier alpha value is -3.35. The number of rotatable bonds is 6. The fraction of sp³-hybridized carbons (Fsp3) is 0.250. The van der Waals surface area contributed by atoms with Crippen LogP contribution in [0.5, 0.6) is 5.75 Å². The third-order valence-electron chi connectivity index (χ3n) is 4.50.